The summed E-state index contributed by atoms with van der Waals surface area (Å²) >= 11 is 13.4. The summed E-state index contributed by atoms with van der Waals surface area (Å²) < 4.78 is 5.90. The number of benzene rings is 2. The number of aryl methyl sites for hydroxylation is 1. The van der Waals surface area contributed by atoms with Crippen molar-refractivity contribution in [1.29, 1.82) is 0 Å². The van der Waals surface area contributed by atoms with E-state index in [0.29, 0.717) is 11.6 Å². The summed E-state index contributed by atoms with van der Waals surface area (Å²) in [6.45, 7) is 6.48. The molecule has 0 atom stereocenters. The molecule has 2 aromatic carbocycles. The van der Waals surface area contributed by atoms with Gasteiger partial charge in [0.15, 0.2) is 0 Å². The number of rotatable bonds is 6. The number of thiophene rings is 1. The van der Waals surface area contributed by atoms with E-state index >= 15 is 0 Å². The number of nitrogens with zero attached hydrogens (tertiary/aromatic N) is 2. The Balaban J connectivity index is 1.28. The first-order chi connectivity index (χ1) is 15.0. The van der Waals surface area contributed by atoms with E-state index in [1.54, 1.807) is 0 Å². The summed E-state index contributed by atoms with van der Waals surface area (Å²) in [6, 6.07) is 15.5. The highest BCUT2D eigenvalue weighted by Gasteiger charge is 2.23. The second-order valence-corrected chi connectivity index (χ2v) is 9.50. The molecule has 0 unspecified atom stereocenters. The summed E-state index contributed by atoms with van der Waals surface area (Å²) in [5.74, 6) is 0.908. The highest BCUT2D eigenvalue weighted by molar-refractivity contribution is 7.12. The molecule has 0 saturated carbocycles. The Hall–Kier alpha value is -2.05. The second kappa shape index (κ2) is 10.0. The molecule has 0 spiro atoms. The number of hydrogen-bond donors (Lipinski definition) is 0. The third-order valence-corrected chi connectivity index (χ3v) is 6.83. The smallest absolute Gasteiger partial charge is 0.264 e. The number of ether oxygens (including phenoxy) is 1. The molecule has 1 aromatic heterocycles. The van der Waals surface area contributed by atoms with Crippen LogP contribution in [0.3, 0.4) is 0 Å². The lowest BCUT2D eigenvalue weighted by Gasteiger charge is -2.34. The molecule has 1 saturated heterocycles. The van der Waals surface area contributed by atoms with Crippen LogP contribution in [-0.2, 0) is 13.2 Å². The van der Waals surface area contributed by atoms with Gasteiger partial charge >= 0.3 is 0 Å². The van der Waals surface area contributed by atoms with Gasteiger partial charge in [0.25, 0.3) is 5.91 Å². The van der Waals surface area contributed by atoms with Crippen LogP contribution in [0.4, 0.5) is 0 Å². The van der Waals surface area contributed by atoms with Gasteiger partial charge in [-0.1, -0.05) is 35.3 Å². The van der Waals surface area contributed by atoms with Crippen molar-refractivity contribution < 1.29 is 9.53 Å². The molecule has 4 nitrogen and oxygen atoms in total. The van der Waals surface area contributed by atoms with Crippen molar-refractivity contribution in [2.24, 2.45) is 0 Å². The molecule has 162 valence electrons. The number of amides is 1. The van der Waals surface area contributed by atoms with Gasteiger partial charge in [-0.3, -0.25) is 9.69 Å². The lowest BCUT2D eigenvalue weighted by molar-refractivity contribution is 0.0633. The van der Waals surface area contributed by atoms with Crippen LogP contribution >= 0.6 is 34.5 Å². The van der Waals surface area contributed by atoms with Crippen LogP contribution in [0, 0.1) is 6.92 Å². The maximum atomic E-state index is 12.9. The highest BCUT2D eigenvalue weighted by atomic mass is 35.5. The maximum absolute atomic E-state index is 12.9. The van der Waals surface area contributed by atoms with Gasteiger partial charge < -0.3 is 9.64 Å². The lowest BCUT2D eigenvalue weighted by atomic mass is 10.2. The zero-order chi connectivity index (χ0) is 21.8. The van der Waals surface area contributed by atoms with Crippen molar-refractivity contribution in [3.8, 4) is 5.75 Å². The maximum Gasteiger partial charge on any atom is 0.264 e. The Morgan fingerprint density at radius 3 is 2.39 bits per heavy atom. The van der Waals surface area contributed by atoms with E-state index in [9.17, 15) is 4.79 Å². The zero-order valence-corrected chi connectivity index (χ0v) is 19.6. The van der Waals surface area contributed by atoms with Crippen molar-refractivity contribution in [3.05, 3.63) is 85.5 Å². The average Bonchev–Trinajstić information content (AvgIpc) is 3.24. The standard InChI is InChI=1S/C24H24Cl2N2O2S/c1-17-12-21(26)6-7-22(17)30-15-19-13-23(31-16-19)24(29)28-10-8-27(9-11-28)14-18-2-4-20(25)5-3-18/h2-7,12-13,16H,8-11,14-15H2,1H3. The molecular formula is C24H24Cl2N2O2S. The normalized spacial score (nSPS) is 14.6. The largest absolute Gasteiger partial charge is 0.489 e. The fourth-order valence-electron chi connectivity index (χ4n) is 3.61. The quantitative estimate of drug-likeness (QED) is 0.445. The van der Waals surface area contributed by atoms with Gasteiger partial charge in [0.2, 0.25) is 0 Å². The molecule has 4 rings (SSSR count). The molecule has 0 bridgehead atoms. The fourth-order valence-corrected chi connectivity index (χ4v) is 4.83. The van der Waals surface area contributed by atoms with E-state index < -0.39 is 0 Å². The van der Waals surface area contributed by atoms with Gasteiger partial charge in [-0.25, -0.2) is 0 Å². The number of halogens is 2. The minimum absolute atomic E-state index is 0.102. The van der Waals surface area contributed by atoms with E-state index in [1.165, 1.54) is 16.9 Å². The topological polar surface area (TPSA) is 32.8 Å². The van der Waals surface area contributed by atoms with Gasteiger partial charge in [-0.05, 0) is 59.8 Å². The van der Waals surface area contributed by atoms with Crippen molar-refractivity contribution in [2.45, 2.75) is 20.1 Å². The summed E-state index contributed by atoms with van der Waals surface area (Å²) in [6.07, 6.45) is 0. The van der Waals surface area contributed by atoms with Crippen LogP contribution in [0.1, 0.15) is 26.4 Å². The number of piperazine rings is 1. The first-order valence-electron chi connectivity index (χ1n) is 10.2. The van der Waals surface area contributed by atoms with Crippen LogP contribution in [0.2, 0.25) is 10.0 Å². The lowest BCUT2D eigenvalue weighted by Crippen LogP contribution is -2.48. The van der Waals surface area contributed by atoms with Crippen molar-refractivity contribution in [2.75, 3.05) is 26.2 Å². The molecule has 1 aliphatic rings. The van der Waals surface area contributed by atoms with E-state index in [-0.39, 0.29) is 5.91 Å². The van der Waals surface area contributed by atoms with Crippen molar-refractivity contribution >= 4 is 40.4 Å². The SMILES string of the molecule is Cc1cc(Cl)ccc1OCc1csc(C(=O)N2CCN(Cc3ccc(Cl)cc3)CC2)c1. The zero-order valence-electron chi connectivity index (χ0n) is 17.3. The fraction of sp³-hybridized carbons (Fsp3) is 0.292. The monoisotopic (exact) mass is 474 g/mol. The van der Waals surface area contributed by atoms with E-state index in [1.807, 2.05) is 53.6 Å². The molecule has 3 aromatic rings. The second-order valence-electron chi connectivity index (χ2n) is 7.71. The van der Waals surface area contributed by atoms with E-state index in [4.69, 9.17) is 27.9 Å². The molecule has 7 heteroatoms. The number of carbonyl (C=O) groups excluding carboxylic acids is 1. The van der Waals surface area contributed by atoms with E-state index in [2.05, 4.69) is 17.0 Å². The molecule has 31 heavy (non-hydrogen) atoms. The summed E-state index contributed by atoms with van der Waals surface area (Å²) in [7, 11) is 0. The predicted molar refractivity (Wildman–Crippen MR) is 127 cm³/mol. The minimum Gasteiger partial charge on any atom is -0.489 e. The van der Waals surface area contributed by atoms with Crippen LogP contribution in [0.5, 0.6) is 5.75 Å². The van der Waals surface area contributed by atoms with Gasteiger partial charge in [-0.2, -0.15) is 0 Å². The molecule has 1 amide bonds. The van der Waals surface area contributed by atoms with Gasteiger partial charge in [-0.15, -0.1) is 11.3 Å². The Morgan fingerprint density at radius 1 is 0.968 bits per heavy atom. The van der Waals surface area contributed by atoms with Crippen LogP contribution in [0.15, 0.2) is 53.9 Å². The summed E-state index contributed by atoms with van der Waals surface area (Å²) in [4.78, 5) is 18.0. The van der Waals surface area contributed by atoms with Crippen LogP contribution in [0.25, 0.3) is 0 Å². The molecular weight excluding hydrogens is 451 g/mol. The van der Waals surface area contributed by atoms with Gasteiger partial charge in [0, 0.05) is 48.3 Å². The van der Waals surface area contributed by atoms with Crippen molar-refractivity contribution in [1.82, 2.24) is 9.80 Å². The molecule has 0 radical (unpaired) electrons. The highest BCUT2D eigenvalue weighted by Crippen LogP contribution is 2.24. The molecule has 1 fully saturated rings. The number of hydrogen-bond acceptors (Lipinski definition) is 4. The Kier molecular flexibility index (Phi) is 7.18. The molecule has 2 heterocycles. The first kappa shape index (κ1) is 22.2. The third-order valence-electron chi connectivity index (χ3n) is 5.37. The molecule has 0 N–H and O–H groups in total. The van der Waals surface area contributed by atoms with E-state index in [0.717, 1.165) is 59.5 Å². The minimum atomic E-state index is 0.102. The van der Waals surface area contributed by atoms with Gasteiger partial charge in [0.05, 0.1) is 4.88 Å². The number of carbonyl (C=O) groups is 1. The Bertz CT molecular complexity index is 1040. The first-order valence-corrected chi connectivity index (χ1v) is 11.8. The van der Waals surface area contributed by atoms with Crippen molar-refractivity contribution in [3.63, 3.8) is 0 Å². The molecule has 1 aliphatic heterocycles. The predicted octanol–water partition coefficient (Wildman–Crippen LogP) is 5.90. The van der Waals surface area contributed by atoms with Crippen LogP contribution < -0.4 is 4.74 Å². The van der Waals surface area contributed by atoms with Crippen LogP contribution in [-0.4, -0.2) is 41.9 Å². The Morgan fingerprint density at radius 2 is 1.68 bits per heavy atom. The Labute approximate surface area is 197 Å². The molecule has 0 aliphatic carbocycles. The summed E-state index contributed by atoms with van der Waals surface area (Å²) in [5.41, 5.74) is 3.24. The average molecular weight is 475 g/mol. The van der Waals surface area contributed by atoms with Gasteiger partial charge in [0.1, 0.15) is 12.4 Å². The summed E-state index contributed by atoms with van der Waals surface area (Å²) in [5, 5.41) is 3.44. The third kappa shape index (κ3) is 5.80.